The van der Waals surface area contributed by atoms with Crippen LogP contribution in [0.1, 0.15) is 0 Å². The molecule has 0 saturated carbocycles. The Morgan fingerprint density at radius 2 is 1.80 bits per heavy atom. The standard InChI is InChI=1S/C13H10ClN5O/c1-20-10-5-3-9(4-6-10)11-17-12(14)18-19(11)13-15-7-2-8-16-13/h2-8H,1H3. The van der Waals surface area contributed by atoms with E-state index >= 15 is 0 Å². The molecule has 1 aromatic carbocycles. The lowest BCUT2D eigenvalue weighted by Crippen LogP contribution is -2.04. The van der Waals surface area contributed by atoms with Gasteiger partial charge in [-0.1, -0.05) is 0 Å². The van der Waals surface area contributed by atoms with Crippen LogP contribution in [0.3, 0.4) is 0 Å². The van der Waals surface area contributed by atoms with Crippen molar-refractivity contribution in [3.63, 3.8) is 0 Å². The molecule has 0 radical (unpaired) electrons. The zero-order valence-corrected chi connectivity index (χ0v) is 11.3. The van der Waals surface area contributed by atoms with Gasteiger partial charge in [0.15, 0.2) is 5.82 Å². The second-order valence-corrected chi connectivity index (χ2v) is 4.23. The molecule has 20 heavy (non-hydrogen) atoms. The van der Waals surface area contributed by atoms with Crippen LogP contribution in [0.5, 0.6) is 5.75 Å². The highest BCUT2D eigenvalue weighted by molar-refractivity contribution is 6.28. The Morgan fingerprint density at radius 1 is 1.10 bits per heavy atom. The van der Waals surface area contributed by atoms with E-state index < -0.39 is 0 Å². The normalized spacial score (nSPS) is 10.5. The molecule has 100 valence electrons. The molecule has 3 rings (SSSR count). The fourth-order valence-corrected chi connectivity index (χ4v) is 1.91. The number of hydrogen-bond donors (Lipinski definition) is 0. The summed E-state index contributed by atoms with van der Waals surface area (Å²) in [5.41, 5.74) is 0.845. The maximum absolute atomic E-state index is 5.90. The Hall–Kier alpha value is -2.47. The molecule has 0 amide bonds. The zero-order chi connectivity index (χ0) is 13.9. The third-order valence-electron chi connectivity index (χ3n) is 2.67. The highest BCUT2D eigenvalue weighted by Gasteiger charge is 2.14. The summed E-state index contributed by atoms with van der Waals surface area (Å²) < 4.78 is 6.64. The summed E-state index contributed by atoms with van der Waals surface area (Å²) >= 11 is 5.90. The fourth-order valence-electron chi connectivity index (χ4n) is 1.75. The van der Waals surface area contributed by atoms with Crippen molar-refractivity contribution in [2.45, 2.75) is 0 Å². The average molecular weight is 288 g/mol. The SMILES string of the molecule is COc1ccc(-c2nc(Cl)nn2-c2ncccn2)cc1. The lowest BCUT2D eigenvalue weighted by Gasteiger charge is -2.04. The molecule has 0 saturated heterocycles. The predicted octanol–water partition coefficient (Wildman–Crippen LogP) is 2.39. The molecule has 0 spiro atoms. The quantitative estimate of drug-likeness (QED) is 0.740. The van der Waals surface area contributed by atoms with Crippen molar-refractivity contribution in [2.24, 2.45) is 0 Å². The second-order valence-electron chi connectivity index (χ2n) is 3.89. The fraction of sp³-hybridized carbons (Fsp3) is 0.0769. The zero-order valence-electron chi connectivity index (χ0n) is 10.6. The molecule has 2 heterocycles. The van der Waals surface area contributed by atoms with Gasteiger partial charge in [-0.05, 0) is 41.9 Å². The number of aromatic nitrogens is 5. The van der Waals surface area contributed by atoms with Gasteiger partial charge in [-0.3, -0.25) is 0 Å². The summed E-state index contributed by atoms with van der Waals surface area (Å²) in [6.07, 6.45) is 3.27. The van der Waals surface area contributed by atoms with Crippen molar-refractivity contribution in [2.75, 3.05) is 7.11 Å². The van der Waals surface area contributed by atoms with E-state index in [2.05, 4.69) is 20.1 Å². The number of nitrogens with zero attached hydrogens (tertiary/aromatic N) is 5. The molecule has 0 bridgehead atoms. The van der Waals surface area contributed by atoms with Gasteiger partial charge in [-0.2, -0.15) is 9.67 Å². The van der Waals surface area contributed by atoms with E-state index in [0.29, 0.717) is 11.8 Å². The number of hydrogen-bond acceptors (Lipinski definition) is 5. The molecule has 3 aromatic rings. The molecule has 0 atom stereocenters. The monoisotopic (exact) mass is 287 g/mol. The molecule has 0 fully saturated rings. The third-order valence-corrected chi connectivity index (χ3v) is 2.83. The van der Waals surface area contributed by atoms with Crippen molar-refractivity contribution in [3.8, 4) is 23.1 Å². The molecule has 0 N–H and O–H groups in total. The molecule has 7 heteroatoms. The Balaban J connectivity index is 2.09. The molecule has 0 aliphatic rings. The van der Waals surface area contributed by atoms with Crippen molar-refractivity contribution in [1.29, 1.82) is 0 Å². The first-order valence-electron chi connectivity index (χ1n) is 5.82. The van der Waals surface area contributed by atoms with Crippen LogP contribution in [0.15, 0.2) is 42.7 Å². The Kier molecular flexibility index (Phi) is 3.30. The minimum Gasteiger partial charge on any atom is -0.497 e. The first-order valence-corrected chi connectivity index (χ1v) is 6.20. The van der Waals surface area contributed by atoms with Crippen LogP contribution in [0.2, 0.25) is 5.28 Å². The maximum atomic E-state index is 5.90. The van der Waals surface area contributed by atoms with Gasteiger partial charge in [0.1, 0.15) is 5.75 Å². The van der Waals surface area contributed by atoms with Gasteiger partial charge in [0.2, 0.25) is 5.28 Å². The Labute approximate surface area is 120 Å². The van der Waals surface area contributed by atoms with Gasteiger partial charge in [-0.25, -0.2) is 9.97 Å². The summed E-state index contributed by atoms with van der Waals surface area (Å²) in [5, 5.41) is 4.26. The largest absolute Gasteiger partial charge is 0.497 e. The van der Waals surface area contributed by atoms with Crippen LogP contribution in [-0.4, -0.2) is 31.8 Å². The Bertz CT molecular complexity index is 711. The molecule has 0 unspecified atom stereocenters. The average Bonchev–Trinajstić information content (AvgIpc) is 2.90. The number of rotatable bonds is 3. The lowest BCUT2D eigenvalue weighted by atomic mass is 10.2. The first kappa shape index (κ1) is 12.6. The van der Waals surface area contributed by atoms with Gasteiger partial charge in [0, 0.05) is 18.0 Å². The van der Waals surface area contributed by atoms with E-state index in [1.807, 2.05) is 24.3 Å². The van der Waals surface area contributed by atoms with Crippen LogP contribution in [0.25, 0.3) is 17.3 Å². The minimum absolute atomic E-state index is 0.142. The van der Waals surface area contributed by atoms with Crippen LogP contribution < -0.4 is 4.74 Å². The predicted molar refractivity (Wildman–Crippen MR) is 73.9 cm³/mol. The molecule has 2 aromatic heterocycles. The van der Waals surface area contributed by atoms with E-state index in [-0.39, 0.29) is 5.28 Å². The van der Waals surface area contributed by atoms with E-state index in [4.69, 9.17) is 16.3 Å². The van der Waals surface area contributed by atoms with E-state index in [1.54, 1.807) is 25.6 Å². The van der Waals surface area contributed by atoms with E-state index in [1.165, 1.54) is 4.68 Å². The van der Waals surface area contributed by atoms with Gasteiger partial charge in [0.05, 0.1) is 7.11 Å². The maximum Gasteiger partial charge on any atom is 0.252 e. The van der Waals surface area contributed by atoms with Crippen LogP contribution in [0, 0.1) is 0 Å². The number of benzene rings is 1. The highest BCUT2D eigenvalue weighted by Crippen LogP contribution is 2.23. The van der Waals surface area contributed by atoms with E-state index in [9.17, 15) is 0 Å². The van der Waals surface area contributed by atoms with Gasteiger partial charge < -0.3 is 4.74 Å². The van der Waals surface area contributed by atoms with Crippen molar-refractivity contribution in [3.05, 3.63) is 48.0 Å². The number of methoxy groups -OCH3 is 1. The van der Waals surface area contributed by atoms with Crippen LogP contribution in [0.4, 0.5) is 0 Å². The summed E-state index contributed by atoms with van der Waals surface area (Å²) in [5.74, 6) is 1.75. The van der Waals surface area contributed by atoms with Crippen LogP contribution >= 0.6 is 11.6 Å². The highest BCUT2D eigenvalue weighted by atomic mass is 35.5. The van der Waals surface area contributed by atoms with Crippen molar-refractivity contribution in [1.82, 2.24) is 24.7 Å². The second kappa shape index (κ2) is 5.26. The summed E-state index contributed by atoms with van der Waals surface area (Å²) in [4.78, 5) is 12.5. The first-order chi connectivity index (χ1) is 9.78. The number of ether oxygens (including phenoxy) is 1. The molecule has 6 nitrogen and oxygen atoms in total. The summed E-state index contributed by atoms with van der Waals surface area (Å²) in [6, 6.07) is 9.16. The molecule has 0 aliphatic carbocycles. The topological polar surface area (TPSA) is 65.7 Å². The smallest absolute Gasteiger partial charge is 0.252 e. The Morgan fingerprint density at radius 3 is 2.45 bits per heavy atom. The molecular formula is C13H10ClN5O. The van der Waals surface area contributed by atoms with Crippen molar-refractivity contribution < 1.29 is 4.74 Å². The van der Waals surface area contributed by atoms with Gasteiger partial charge in [0.25, 0.3) is 5.95 Å². The van der Waals surface area contributed by atoms with Crippen molar-refractivity contribution >= 4 is 11.6 Å². The third kappa shape index (κ3) is 2.33. The van der Waals surface area contributed by atoms with Gasteiger partial charge in [-0.15, -0.1) is 5.10 Å². The molecule has 0 aliphatic heterocycles. The molecular weight excluding hydrogens is 278 g/mol. The summed E-state index contributed by atoms with van der Waals surface area (Å²) in [6.45, 7) is 0. The van der Waals surface area contributed by atoms with Crippen LogP contribution in [-0.2, 0) is 0 Å². The minimum atomic E-state index is 0.142. The van der Waals surface area contributed by atoms with E-state index in [0.717, 1.165) is 11.3 Å². The van der Waals surface area contributed by atoms with Gasteiger partial charge >= 0.3 is 0 Å². The number of halogens is 1. The lowest BCUT2D eigenvalue weighted by molar-refractivity contribution is 0.415. The summed E-state index contributed by atoms with van der Waals surface area (Å²) in [7, 11) is 1.62.